The van der Waals surface area contributed by atoms with Crippen molar-refractivity contribution in [2.24, 2.45) is 4.99 Å². The van der Waals surface area contributed by atoms with E-state index in [0.717, 1.165) is 56.7 Å². The van der Waals surface area contributed by atoms with Gasteiger partial charge in [0.15, 0.2) is 17.5 Å². The van der Waals surface area contributed by atoms with Gasteiger partial charge in [0, 0.05) is 53.4 Å². The Morgan fingerprint density at radius 1 is 1.21 bits per heavy atom. The summed E-state index contributed by atoms with van der Waals surface area (Å²) in [6.45, 7) is 6.68. The summed E-state index contributed by atoms with van der Waals surface area (Å²) in [6, 6.07) is 6.19. The van der Waals surface area contributed by atoms with Gasteiger partial charge in [0.1, 0.15) is 0 Å². The first-order valence-corrected chi connectivity index (χ1v) is 8.35. The third-order valence-corrected chi connectivity index (χ3v) is 4.32. The van der Waals surface area contributed by atoms with Crippen LogP contribution >= 0.6 is 0 Å². The van der Waals surface area contributed by atoms with E-state index in [9.17, 15) is 0 Å². The van der Waals surface area contributed by atoms with Crippen molar-refractivity contribution in [2.75, 3.05) is 60.3 Å². The molecular formula is C17H26N4O3. The minimum atomic E-state index is 0.326. The molecule has 132 valence electrons. The number of aliphatic imine (C=N–C) groups is 1. The SMILES string of the molecule is CN=C(NCCOC)N1CCN(Cc2ccc3c(c2)OCO3)CC1. The molecule has 0 spiro atoms. The monoisotopic (exact) mass is 334 g/mol. The molecule has 0 unspecified atom stereocenters. The summed E-state index contributed by atoms with van der Waals surface area (Å²) in [6.07, 6.45) is 0. The van der Waals surface area contributed by atoms with Crippen molar-refractivity contribution in [3.05, 3.63) is 23.8 Å². The molecule has 2 heterocycles. The maximum absolute atomic E-state index is 5.45. The molecule has 0 amide bonds. The molecule has 3 rings (SSSR count). The van der Waals surface area contributed by atoms with Gasteiger partial charge in [0.25, 0.3) is 0 Å². The molecule has 1 fully saturated rings. The molecule has 2 aliphatic rings. The highest BCUT2D eigenvalue weighted by molar-refractivity contribution is 5.80. The van der Waals surface area contributed by atoms with E-state index in [0.29, 0.717) is 13.4 Å². The Morgan fingerprint density at radius 3 is 2.75 bits per heavy atom. The summed E-state index contributed by atoms with van der Waals surface area (Å²) < 4.78 is 15.9. The Balaban J connectivity index is 1.48. The molecule has 7 nitrogen and oxygen atoms in total. The van der Waals surface area contributed by atoms with Gasteiger partial charge in [-0.2, -0.15) is 0 Å². The Bertz CT molecular complexity index is 571. The first-order valence-electron chi connectivity index (χ1n) is 8.35. The number of benzene rings is 1. The van der Waals surface area contributed by atoms with E-state index in [1.807, 2.05) is 13.1 Å². The number of fused-ring (bicyclic) bond motifs is 1. The van der Waals surface area contributed by atoms with Crippen LogP contribution in [0.2, 0.25) is 0 Å². The lowest BCUT2D eigenvalue weighted by molar-refractivity contribution is 0.169. The van der Waals surface area contributed by atoms with Crippen LogP contribution < -0.4 is 14.8 Å². The quantitative estimate of drug-likeness (QED) is 0.487. The highest BCUT2D eigenvalue weighted by atomic mass is 16.7. The summed E-state index contributed by atoms with van der Waals surface area (Å²) in [4.78, 5) is 9.11. The predicted octanol–water partition coefficient (Wildman–Crippen LogP) is 0.755. The lowest BCUT2D eigenvalue weighted by Crippen LogP contribution is -2.52. The van der Waals surface area contributed by atoms with Crippen molar-refractivity contribution in [3.8, 4) is 11.5 Å². The lowest BCUT2D eigenvalue weighted by Gasteiger charge is -2.36. The van der Waals surface area contributed by atoms with Gasteiger partial charge in [-0.3, -0.25) is 9.89 Å². The van der Waals surface area contributed by atoms with Crippen LogP contribution in [0.4, 0.5) is 0 Å². The fraction of sp³-hybridized carbons (Fsp3) is 0.588. The van der Waals surface area contributed by atoms with Crippen molar-refractivity contribution < 1.29 is 14.2 Å². The zero-order chi connectivity index (χ0) is 16.8. The number of ether oxygens (including phenoxy) is 3. The summed E-state index contributed by atoms with van der Waals surface area (Å²) >= 11 is 0. The third kappa shape index (κ3) is 4.10. The van der Waals surface area contributed by atoms with Crippen LogP contribution in [0.3, 0.4) is 0 Å². The van der Waals surface area contributed by atoms with Gasteiger partial charge in [-0.25, -0.2) is 0 Å². The minimum absolute atomic E-state index is 0.326. The van der Waals surface area contributed by atoms with E-state index >= 15 is 0 Å². The van der Waals surface area contributed by atoms with E-state index in [4.69, 9.17) is 14.2 Å². The van der Waals surface area contributed by atoms with Gasteiger partial charge in [-0.05, 0) is 17.7 Å². The molecule has 7 heteroatoms. The molecule has 1 saturated heterocycles. The Hall–Kier alpha value is -1.99. The number of hydrogen-bond acceptors (Lipinski definition) is 5. The Labute approximate surface area is 143 Å². The van der Waals surface area contributed by atoms with Crippen LogP contribution in [-0.4, -0.2) is 76.0 Å². The second-order valence-electron chi connectivity index (χ2n) is 5.92. The molecule has 0 bridgehead atoms. The standard InChI is InChI=1S/C17H26N4O3/c1-18-17(19-5-10-22-2)21-8-6-20(7-9-21)12-14-3-4-15-16(11-14)24-13-23-15/h3-4,11H,5-10,12-13H2,1-2H3,(H,18,19). The number of piperazine rings is 1. The molecule has 1 N–H and O–H groups in total. The molecule has 1 aromatic carbocycles. The molecule has 0 atom stereocenters. The van der Waals surface area contributed by atoms with Crippen LogP contribution in [0.25, 0.3) is 0 Å². The van der Waals surface area contributed by atoms with Crippen molar-refractivity contribution in [1.82, 2.24) is 15.1 Å². The zero-order valence-corrected chi connectivity index (χ0v) is 14.5. The average molecular weight is 334 g/mol. The average Bonchev–Trinajstić information content (AvgIpc) is 3.07. The first kappa shape index (κ1) is 16.9. The molecule has 0 radical (unpaired) electrons. The molecule has 0 aliphatic carbocycles. The van der Waals surface area contributed by atoms with Gasteiger partial charge >= 0.3 is 0 Å². The number of nitrogens with one attached hydrogen (secondary N) is 1. The van der Waals surface area contributed by atoms with Gasteiger partial charge in [0.2, 0.25) is 6.79 Å². The second-order valence-corrected chi connectivity index (χ2v) is 5.92. The summed E-state index contributed by atoms with van der Waals surface area (Å²) in [5, 5.41) is 3.33. The maximum Gasteiger partial charge on any atom is 0.231 e. The Morgan fingerprint density at radius 2 is 2.00 bits per heavy atom. The lowest BCUT2D eigenvalue weighted by atomic mass is 10.1. The van der Waals surface area contributed by atoms with Crippen molar-refractivity contribution in [1.29, 1.82) is 0 Å². The number of rotatable bonds is 5. The van der Waals surface area contributed by atoms with Crippen LogP contribution in [-0.2, 0) is 11.3 Å². The van der Waals surface area contributed by atoms with Gasteiger partial charge < -0.3 is 24.4 Å². The zero-order valence-electron chi connectivity index (χ0n) is 14.5. The van der Waals surface area contributed by atoms with E-state index < -0.39 is 0 Å². The van der Waals surface area contributed by atoms with Crippen molar-refractivity contribution in [2.45, 2.75) is 6.54 Å². The van der Waals surface area contributed by atoms with Crippen LogP contribution in [0.15, 0.2) is 23.2 Å². The molecule has 1 aromatic rings. The fourth-order valence-electron chi connectivity index (χ4n) is 3.01. The summed E-state index contributed by atoms with van der Waals surface area (Å²) in [5.41, 5.74) is 1.26. The van der Waals surface area contributed by atoms with Crippen molar-refractivity contribution in [3.63, 3.8) is 0 Å². The molecule has 0 aromatic heterocycles. The Kier molecular flexibility index (Phi) is 5.77. The predicted molar refractivity (Wildman–Crippen MR) is 92.7 cm³/mol. The third-order valence-electron chi connectivity index (χ3n) is 4.32. The van der Waals surface area contributed by atoms with Crippen molar-refractivity contribution >= 4 is 5.96 Å². The molecule has 2 aliphatic heterocycles. The van der Waals surface area contributed by atoms with E-state index in [-0.39, 0.29) is 0 Å². The van der Waals surface area contributed by atoms with Crippen LogP contribution in [0.5, 0.6) is 11.5 Å². The normalized spacial score (nSPS) is 18.1. The second kappa shape index (κ2) is 8.21. The van der Waals surface area contributed by atoms with E-state index in [1.54, 1.807) is 7.11 Å². The molecular weight excluding hydrogens is 308 g/mol. The highest BCUT2D eigenvalue weighted by Gasteiger charge is 2.20. The molecule has 24 heavy (non-hydrogen) atoms. The minimum Gasteiger partial charge on any atom is -0.454 e. The van der Waals surface area contributed by atoms with Gasteiger partial charge in [-0.15, -0.1) is 0 Å². The maximum atomic E-state index is 5.45. The highest BCUT2D eigenvalue weighted by Crippen LogP contribution is 2.32. The smallest absolute Gasteiger partial charge is 0.231 e. The molecule has 0 saturated carbocycles. The van der Waals surface area contributed by atoms with E-state index in [1.165, 1.54) is 5.56 Å². The number of guanidine groups is 1. The van der Waals surface area contributed by atoms with Crippen LogP contribution in [0, 0.1) is 0 Å². The largest absolute Gasteiger partial charge is 0.454 e. The summed E-state index contributed by atoms with van der Waals surface area (Å²) in [7, 11) is 3.54. The van der Waals surface area contributed by atoms with Gasteiger partial charge in [0.05, 0.1) is 6.61 Å². The van der Waals surface area contributed by atoms with Crippen LogP contribution in [0.1, 0.15) is 5.56 Å². The number of hydrogen-bond donors (Lipinski definition) is 1. The topological polar surface area (TPSA) is 58.6 Å². The first-order chi connectivity index (χ1) is 11.8. The number of methoxy groups -OCH3 is 1. The van der Waals surface area contributed by atoms with Gasteiger partial charge in [-0.1, -0.05) is 6.07 Å². The fourth-order valence-corrected chi connectivity index (χ4v) is 3.01. The summed E-state index contributed by atoms with van der Waals surface area (Å²) in [5.74, 6) is 2.65. The number of nitrogens with zero attached hydrogens (tertiary/aromatic N) is 3. The van der Waals surface area contributed by atoms with E-state index in [2.05, 4.69) is 32.2 Å².